The Balaban J connectivity index is 2.76. The first-order valence-electron chi connectivity index (χ1n) is 5.16. The molecule has 5 nitrogen and oxygen atoms in total. The number of imidazole rings is 1. The van der Waals surface area contributed by atoms with Crippen LogP contribution in [0.5, 0.6) is 0 Å². The van der Waals surface area contributed by atoms with E-state index in [0.29, 0.717) is 18.8 Å². The molecule has 0 atom stereocenters. The number of amides is 1. The summed E-state index contributed by atoms with van der Waals surface area (Å²) in [5, 5.41) is 0. The van der Waals surface area contributed by atoms with E-state index in [-0.39, 0.29) is 5.91 Å². The molecule has 0 unspecified atom stereocenters. The van der Waals surface area contributed by atoms with E-state index in [1.165, 1.54) is 0 Å². The van der Waals surface area contributed by atoms with Gasteiger partial charge >= 0.3 is 0 Å². The molecule has 0 radical (unpaired) electrons. The van der Waals surface area contributed by atoms with Crippen molar-refractivity contribution in [2.24, 2.45) is 12.8 Å². The Bertz CT molecular complexity index is 315. The predicted octanol–water partition coefficient (Wildman–Crippen LogP) is 0.231. The molecule has 0 aliphatic rings. The number of hydrogen-bond acceptors (Lipinski definition) is 3. The topological polar surface area (TPSA) is 64.2 Å². The first-order valence-corrected chi connectivity index (χ1v) is 5.16. The van der Waals surface area contributed by atoms with Crippen LogP contribution < -0.4 is 5.73 Å². The fraction of sp³-hybridized carbons (Fsp3) is 0.600. The molecule has 1 aromatic heterocycles. The lowest BCUT2D eigenvalue weighted by molar-refractivity contribution is 0.0750. The Kier molecular flexibility index (Phi) is 4.30. The standard InChI is InChI=1S/C10H18N4O/c1-3-5-14(6-4-11)10(15)9-7-12-8-13(9)2/h7-8H,3-6,11H2,1-2H3. The van der Waals surface area contributed by atoms with E-state index in [0.717, 1.165) is 13.0 Å². The van der Waals surface area contributed by atoms with Crippen LogP contribution >= 0.6 is 0 Å². The molecule has 0 aliphatic heterocycles. The summed E-state index contributed by atoms with van der Waals surface area (Å²) in [7, 11) is 1.81. The van der Waals surface area contributed by atoms with Crippen LogP contribution in [-0.2, 0) is 7.05 Å². The molecule has 0 aliphatic carbocycles. The summed E-state index contributed by atoms with van der Waals surface area (Å²) in [6, 6.07) is 0. The van der Waals surface area contributed by atoms with Gasteiger partial charge in [-0.25, -0.2) is 4.98 Å². The lowest BCUT2D eigenvalue weighted by Crippen LogP contribution is -2.36. The van der Waals surface area contributed by atoms with Gasteiger partial charge in [0.15, 0.2) is 0 Å². The van der Waals surface area contributed by atoms with Crippen molar-refractivity contribution >= 4 is 5.91 Å². The number of nitrogens with two attached hydrogens (primary N) is 1. The fourth-order valence-electron chi connectivity index (χ4n) is 1.47. The summed E-state index contributed by atoms with van der Waals surface area (Å²) < 4.78 is 1.72. The fourth-order valence-corrected chi connectivity index (χ4v) is 1.47. The zero-order chi connectivity index (χ0) is 11.3. The maximum atomic E-state index is 12.0. The normalized spacial score (nSPS) is 10.3. The molecule has 5 heteroatoms. The number of carbonyl (C=O) groups is 1. The number of rotatable bonds is 5. The monoisotopic (exact) mass is 210 g/mol. The van der Waals surface area contributed by atoms with Crippen molar-refractivity contribution in [3.05, 3.63) is 18.2 Å². The summed E-state index contributed by atoms with van der Waals surface area (Å²) in [5.41, 5.74) is 6.08. The molecule has 0 aromatic carbocycles. The first-order chi connectivity index (χ1) is 7.20. The average Bonchev–Trinajstić information content (AvgIpc) is 2.63. The minimum atomic E-state index is 0.00213. The van der Waals surface area contributed by atoms with Crippen molar-refractivity contribution in [1.29, 1.82) is 0 Å². The van der Waals surface area contributed by atoms with Crippen LogP contribution in [0.2, 0.25) is 0 Å². The molecular formula is C10H18N4O. The summed E-state index contributed by atoms with van der Waals surface area (Å²) >= 11 is 0. The number of carbonyl (C=O) groups excluding carboxylic acids is 1. The van der Waals surface area contributed by atoms with E-state index >= 15 is 0 Å². The van der Waals surface area contributed by atoms with Crippen molar-refractivity contribution < 1.29 is 4.79 Å². The van der Waals surface area contributed by atoms with Gasteiger partial charge in [0, 0.05) is 26.7 Å². The highest BCUT2D eigenvalue weighted by Crippen LogP contribution is 2.03. The van der Waals surface area contributed by atoms with Crippen LogP contribution in [0, 0.1) is 0 Å². The van der Waals surface area contributed by atoms with E-state index in [2.05, 4.69) is 4.98 Å². The molecular weight excluding hydrogens is 192 g/mol. The molecule has 1 rings (SSSR count). The molecule has 0 saturated carbocycles. The second-order valence-electron chi connectivity index (χ2n) is 3.47. The SMILES string of the molecule is CCCN(CCN)C(=O)c1cncn1C. The van der Waals surface area contributed by atoms with Gasteiger partial charge in [0.25, 0.3) is 5.91 Å². The van der Waals surface area contributed by atoms with E-state index < -0.39 is 0 Å². The zero-order valence-corrected chi connectivity index (χ0v) is 9.31. The molecule has 2 N–H and O–H groups in total. The minimum absolute atomic E-state index is 0.00213. The van der Waals surface area contributed by atoms with Crippen LogP contribution in [0.1, 0.15) is 23.8 Å². The predicted molar refractivity (Wildman–Crippen MR) is 58.5 cm³/mol. The largest absolute Gasteiger partial charge is 0.336 e. The van der Waals surface area contributed by atoms with Gasteiger partial charge in [-0.15, -0.1) is 0 Å². The molecule has 84 valence electrons. The first kappa shape index (κ1) is 11.7. The minimum Gasteiger partial charge on any atom is -0.336 e. The smallest absolute Gasteiger partial charge is 0.272 e. The Morgan fingerprint density at radius 1 is 1.60 bits per heavy atom. The Morgan fingerprint density at radius 2 is 2.33 bits per heavy atom. The second kappa shape index (κ2) is 5.50. The van der Waals surface area contributed by atoms with Gasteiger partial charge in [-0.1, -0.05) is 6.92 Å². The highest BCUT2D eigenvalue weighted by Gasteiger charge is 2.16. The van der Waals surface area contributed by atoms with Crippen LogP contribution in [0.3, 0.4) is 0 Å². The highest BCUT2D eigenvalue weighted by atomic mass is 16.2. The maximum absolute atomic E-state index is 12.0. The van der Waals surface area contributed by atoms with Crippen LogP contribution in [-0.4, -0.2) is 40.0 Å². The van der Waals surface area contributed by atoms with E-state index in [4.69, 9.17) is 5.73 Å². The van der Waals surface area contributed by atoms with Gasteiger partial charge in [-0.2, -0.15) is 0 Å². The van der Waals surface area contributed by atoms with Gasteiger partial charge < -0.3 is 15.2 Å². The average molecular weight is 210 g/mol. The Hall–Kier alpha value is -1.36. The molecule has 1 amide bonds. The third kappa shape index (κ3) is 2.79. The molecule has 0 saturated heterocycles. The van der Waals surface area contributed by atoms with E-state index in [9.17, 15) is 4.79 Å². The Morgan fingerprint density at radius 3 is 2.80 bits per heavy atom. The zero-order valence-electron chi connectivity index (χ0n) is 9.31. The lowest BCUT2D eigenvalue weighted by Gasteiger charge is -2.21. The third-order valence-corrected chi connectivity index (χ3v) is 2.22. The van der Waals surface area contributed by atoms with Crippen molar-refractivity contribution in [1.82, 2.24) is 14.5 Å². The van der Waals surface area contributed by atoms with E-state index in [1.807, 2.05) is 14.0 Å². The van der Waals surface area contributed by atoms with Crippen molar-refractivity contribution in [3.8, 4) is 0 Å². The van der Waals surface area contributed by atoms with Crippen LogP contribution in [0.25, 0.3) is 0 Å². The van der Waals surface area contributed by atoms with E-state index in [1.54, 1.807) is 22.0 Å². The summed E-state index contributed by atoms with van der Waals surface area (Å²) in [4.78, 5) is 17.7. The van der Waals surface area contributed by atoms with Gasteiger partial charge in [0.05, 0.1) is 12.5 Å². The van der Waals surface area contributed by atoms with Gasteiger partial charge in [0.1, 0.15) is 5.69 Å². The second-order valence-corrected chi connectivity index (χ2v) is 3.47. The van der Waals surface area contributed by atoms with Crippen molar-refractivity contribution in [3.63, 3.8) is 0 Å². The molecule has 15 heavy (non-hydrogen) atoms. The number of nitrogens with zero attached hydrogens (tertiary/aromatic N) is 3. The van der Waals surface area contributed by atoms with Gasteiger partial charge in [-0.3, -0.25) is 4.79 Å². The third-order valence-electron chi connectivity index (χ3n) is 2.22. The number of aryl methyl sites for hydroxylation is 1. The lowest BCUT2D eigenvalue weighted by atomic mass is 10.3. The summed E-state index contributed by atoms with van der Waals surface area (Å²) in [5.74, 6) is 0.00213. The molecule has 0 fully saturated rings. The van der Waals surface area contributed by atoms with Gasteiger partial charge in [-0.05, 0) is 6.42 Å². The molecule has 0 bridgehead atoms. The van der Waals surface area contributed by atoms with Crippen LogP contribution in [0.15, 0.2) is 12.5 Å². The number of hydrogen-bond donors (Lipinski definition) is 1. The molecule has 1 aromatic rings. The quantitative estimate of drug-likeness (QED) is 0.756. The van der Waals surface area contributed by atoms with Crippen molar-refractivity contribution in [2.75, 3.05) is 19.6 Å². The van der Waals surface area contributed by atoms with Crippen molar-refractivity contribution in [2.45, 2.75) is 13.3 Å². The molecule has 1 heterocycles. The van der Waals surface area contributed by atoms with Gasteiger partial charge in [0.2, 0.25) is 0 Å². The maximum Gasteiger partial charge on any atom is 0.272 e. The molecule has 0 spiro atoms. The summed E-state index contributed by atoms with van der Waals surface area (Å²) in [6.45, 7) is 3.86. The van der Waals surface area contributed by atoms with Crippen LogP contribution in [0.4, 0.5) is 0 Å². The highest BCUT2D eigenvalue weighted by molar-refractivity contribution is 5.92. The summed E-state index contributed by atoms with van der Waals surface area (Å²) in [6.07, 6.45) is 4.14. The Labute approximate surface area is 89.9 Å². The number of aromatic nitrogens is 2.